The zero-order chi connectivity index (χ0) is 37.2. The van der Waals surface area contributed by atoms with Gasteiger partial charge in [0.1, 0.15) is 11.8 Å². The number of nitrogens with zero attached hydrogens (tertiary/aromatic N) is 1. The molecular weight excluding hydrogens is 714 g/mol. The number of benzene rings is 2. The van der Waals surface area contributed by atoms with Gasteiger partial charge in [-0.1, -0.05) is 49.6 Å². The van der Waals surface area contributed by atoms with Crippen molar-refractivity contribution in [2.45, 2.75) is 89.8 Å². The van der Waals surface area contributed by atoms with Crippen LogP contribution in [-0.2, 0) is 52.4 Å². The van der Waals surface area contributed by atoms with Crippen LogP contribution in [0.2, 0.25) is 0 Å². The van der Waals surface area contributed by atoms with Gasteiger partial charge in [0.15, 0.2) is 0 Å². The average Bonchev–Trinajstić information content (AvgIpc) is 3.07. The number of phenolic OH excluding ortho intramolecular Hbond substituents is 1. The minimum atomic E-state index is -1.17. The van der Waals surface area contributed by atoms with Gasteiger partial charge in [0, 0.05) is 42.2 Å². The number of hydrogen-bond acceptors (Lipinski definition) is 10. The molecule has 292 valence electrons. The predicted molar refractivity (Wildman–Crippen MR) is 203 cm³/mol. The van der Waals surface area contributed by atoms with Crippen LogP contribution in [0, 0.1) is 13.8 Å². The number of nitrogens with two attached hydrogens (primary N) is 2. The van der Waals surface area contributed by atoms with E-state index in [2.05, 4.69) is 15.4 Å². The second-order valence-corrected chi connectivity index (χ2v) is 14.1. The van der Waals surface area contributed by atoms with Crippen molar-refractivity contribution in [3.05, 3.63) is 64.7 Å². The molecule has 9 N–H and O–H groups in total. The number of esters is 1. The minimum absolute atomic E-state index is 0. The molecule has 0 heterocycles. The van der Waals surface area contributed by atoms with Crippen LogP contribution in [0.1, 0.15) is 67.2 Å². The van der Waals surface area contributed by atoms with E-state index in [0.717, 1.165) is 35.1 Å². The Kier molecular flexibility index (Phi) is 23.3. The Morgan fingerprint density at radius 2 is 1.48 bits per heavy atom. The summed E-state index contributed by atoms with van der Waals surface area (Å²) >= 11 is 0. The van der Waals surface area contributed by atoms with Gasteiger partial charge >= 0.3 is 5.97 Å². The fourth-order valence-electron chi connectivity index (χ4n) is 5.54. The molecule has 14 nitrogen and oxygen atoms in total. The Morgan fingerprint density at radius 3 is 2.08 bits per heavy atom. The van der Waals surface area contributed by atoms with Gasteiger partial charge in [-0.3, -0.25) is 33.5 Å². The number of amides is 4. The summed E-state index contributed by atoms with van der Waals surface area (Å²) < 4.78 is 16.2. The molecule has 2 rings (SSSR count). The van der Waals surface area contributed by atoms with Crippen molar-refractivity contribution < 1.29 is 43.5 Å². The first-order valence-corrected chi connectivity index (χ1v) is 18.6. The number of rotatable bonds is 21. The first kappa shape index (κ1) is 48.1. The van der Waals surface area contributed by atoms with Gasteiger partial charge < -0.3 is 37.0 Å². The number of methoxy groups -OCH3 is 1. The molecule has 2 unspecified atom stereocenters. The van der Waals surface area contributed by atoms with E-state index in [0.29, 0.717) is 25.7 Å². The van der Waals surface area contributed by atoms with E-state index in [-0.39, 0.29) is 61.2 Å². The maximum absolute atomic E-state index is 13.8. The standard InChI is InChI=1S/C36H53N5O8S.ClH.H2O/c1-24-19-27(42)20-25(2)28(24)22-30(38)34(45)39-23-32(43)41(17-12-7-5-6-11-15-33(44)49-3)31(21-26-13-9-8-10-14-26)36(47)40-35(46)29(37)16-18-50(4)48;;/h8-10,13-14,19-20,29-31,42H,5-7,11-12,15-18,21-23,37-38H2,1-4H3,(H,39,45)(H,40,46,47);1H;1H2/t29?,30-,31+,50?;;/m1../s1. The molecule has 4 atom stereocenters. The van der Waals surface area contributed by atoms with E-state index in [1.54, 1.807) is 24.3 Å². The SMILES string of the molecule is COC(=O)CCCCCCCN(C(=O)CNC(=O)[C@H](N)Cc1c(C)cc(O)cc1C)[C@@H](Cc1ccccc1)C(=O)NC(=O)C(N)CCS(C)=O.Cl.O. The molecule has 52 heavy (non-hydrogen) atoms. The highest BCUT2D eigenvalue weighted by Crippen LogP contribution is 2.22. The molecule has 0 aliphatic heterocycles. The fourth-order valence-corrected chi connectivity index (χ4v) is 6.13. The Morgan fingerprint density at radius 1 is 0.885 bits per heavy atom. The normalized spacial score (nSPS) is 12.9. The van der Waals surface area contributed by atoms with Gasteiger partial charge in [-0.25, -0.2) is 0 Å². The summed E-state index contributed by atoms with van der Waals surface area (Å²) in [5, 5.41) is 14.8. The van der Waals surface area contributed by atoms with E-state index >= 15 is 0 Å². The van der Waals surface area contributed by atoms with Crippen LogP contribution in [0.4, 0.5) is 0 Å². The summed E-state index contributed by atoms with van der Waals surface area (Å²) in [7, 11) is 0.172. The summed E-state index contributed by atoms with van der Waals surface area (Å²) in [6.45, 7) is 3.35. The Bertz CT molecular complexity index is 1460. The summed E-state index contributed by atoms with van der Waals surface area (Å²) in [6, 6.07) is 9.05. The number of imide groups is 1. The predicted octanol–water partition coefficient (Wildman–Crippen LogP) is 1.28. The molecule has 16 heteroatoms. The lowest BCUT2D eigenvalue weighted by atomic mass is 9.96. The second kappa shape index (κ2) is 25.1. The van der Waals surface area contributed by atoms with Gasteiger partial charge in [-0.2, -0.15) is 0 Å². The van der Waals surface area contributed by atoms with Crippen LogP contribution in [0.5, 0.6) is 5.75 Å². The number of nitrogens with one attached hydrogen (secondary N) is 2. The Balaban J connectivity index is 0.0000130. The second-order valence-electron chi connectivity index (χ2n) is 12.5. The van der Waals surface area contributed by atoms with Crippen molar-refractivity contribution in [2.24, 2.45) is 11.5 Å². The number of hydrogen-bond donors (Lipinski definition) is 5. The maximum atomic E-state index is 13.8. The van der Waals surface area contributed by atoms with Crippen LogP contribution < -0.4 is 22.1 Å². The number of phenols is 1. The van der Waals surface area contributed by atoms with Gasteiger partial charge in [0.25, 0.3) is 0 Å². The van der Waals surface area contributed by atoms with E-state index in [1.807, 2.05) is 32.0 Å². The molecule has 2 aromatic rings. The molecule has 0 aliphatic rings. The molecule has 0 fully saturated rings. The number of carbonyl (C=O) groups excluding carboxylic acids is 5. The summed E-state index contributed by atoms with van der Waals surface area (Å²) in [5.74, 6) is -2.53. The average molecular weight is 770 g/mol. The zero-order valence-electron chi connectivity index (χ0n) is 30.5. The van der Waals surface area contributed by atoms with Crippen LogP contribution in [-0.4, -0.2) is 99.6 Å². The van der Waals surface area contributed by atoms with E-state index in [1.165, 1.54) is 18.3 Å². The van der Waals surface area contributed by atoms with Crippen LogP contribution in [0.3, 0.4) is 0 Å². The lowest BCUT2D eigenvalue weighted by molar-refractivity contribution is -0.143. The molecule has 0 radical (unpaired) electrons. The van der Waals surface area contributed by atoms with Gasteiger partial charge in [0.05, 0.1) is 25.7 Å². The Labute approximate surface area is 315 Å². The molecule has 0 spiro atoms. The largest absolute Gasteiger partial charge is 0.508 e. The summed E-state index contributed by atoms with van der Waals surface area (Å²) in [6.07, 6.45) is 5.64. The molecule has 0 aliphatic carbocycles. The van der Waals surface area contributed by atoms with Crippen molar-refractivity contribution in [3.63, 3.8) is 0 Å². The number of aromatic hydroxyl groups is 1. The lowest BCUT2D eigenvalue weighted by Crippen LogP contribution is -2.56. The highest BCUT2D eigenvalue weighted by Gasteiger charge is 2.32. The number of unbranched alkanes of at least 4 members (excludes halogenated alkanes) is 4. The van der Waals surface area contributed by atoms with Crippen molar-refractivity contribution in [2.75, 3.05) is 32.2 Å². The first-order chi connectivity index (χ1) is 23.7. The maximum Gasteiger partial charge on any atom is 0.305 e. The van der Waals surface area contributed by atoms with Gasteiger partial charge in [-0.15, -0.1) is 12.4 Å². The van der Waals surface area contributed by atoms with Crippen molar-refractivity contribution in [1.29, 1.82) is 0 Å². The number of carbonyl (C=O) groups is 5. The number of aryl methyl sites for hydroxylation is 2. The molecule has 2 aromatic carbocycles. The number of ether oxygens (including phenoxy) is 1. The smallest absolute Gasteiger partial charge is 0.305 e. The van der Waals surface area contributed by atoms with E-state index in [9.17, 15) is 33.3 Å². The molecule has 0 aromatic heterocycles. The van der Waals surface area contributed by atoms with Crippen molar-refractivity contribution >= 4 is 52.8 Å². The van der Waals surface area contributed by atoms with Crippen LogP contribution in [0.15, 0.2) is 42.5 Å². The first-order valence-electron chi connectivity index (χ1n) is 16.9. The topological polar surface area (TPSA) is 243 Å². The van der Waals surface area contributed by atoms with Crippen LogP contribution in [0.25, 0.3) is 0 Å². The quantitative estimate of drug-likeness (QED) is 0.0900. The van der Waals surface area contributed by atoms with E-state index < -0.39 is 59.1 Å². The van der Waals surface area contributed by atoms with Crippen molar-refractivity contribution in [3.8, 4) is 5.75 Å². The Hall–Kier alpha value is -3.89. The molecule has 4 amide bonds. The number of halogens is 1. The summed E-state index contributed by atoms with van der Waals surface area (Å²) in [5.41, 5.74) is 15.3. The van der Waals surface area contributed by atoms with E-state index in [4.69, 9.17) is 11.5 Å². The highest BCUT2D eigenvalue weighted by atomic mass is 35.5. The third-order valence-corrected chi connectivity index (χ3v) is 9.24. The molecule has 0 saturated carbocycles. The molecule has 0 saturated heterocycles. The monoisotopic (exact) mass is 769 g/mol. The molecule has 0 bridgehead atoms. The van der Waals surface area contributed by atoms with Crippen molar-refractivity contribution in [1.82, 2.24) is 15.5 Å². The zero-order valence-corrected chi connectivity index (χ0v) is 32.1. The minimum Gasteiger partial charge on any atom is -0.508 e. The molecular formula is C36H56ClN5O9S. The third-order valence-electron chi connectivity index (χ3n) is 8.43. The van der Waals surface area contributed by atoms with Gasteiger partial charge in [0.2, 0.25) is 23.6 Å². The highest BCUT2D eigenvalue weighted by molar-refractivity contribution is 7.84. The third kappa shape index (κ3) is 17.1. The van der Waals surface area contributed by atoms with Crippen LogP contribution >= 0.6 is 12.4 Å². The lowest BCUT2D eigenvalue weighted by Gasteiger charge is -2.31. The fraction of sp³-hybridized carbons (Fsp3) is 0.528. The van der Waals surface area contributed by atoms with Gasteiger partial charge in [-0.05, 0) is 73.9 Å². The summed E-state index contributed by atoms with van der Waals surface area (Å²) in [4.78, 5) is 66.3.